The van der Waals surface area contributed by atoms with Crippen molar-refractivity contribution in [1.29, 1.82) is 0 Å². The number of ether oxygens (including phenoxy) is 2. The maximum atomic E-state index is 5.24. The quantitative estimate of drug-likeness (QED) is 0.361. The van der Waals surface area contributed by atoms with Gasteiger partial charge in [0.2, 0.25) is 0 Å². The first-order valence-electron chi connectivity index (χ1n) is 4.51. The van der Waals surface area contributed by atoms with E-state index in [1.165, 1.54) is 12.8 Å². The van der Waals surface area contributed by atoms with Crippen LogP contribution < -0.4 is 0 Å². The Morgan fingerprint density at radius 3 is 3.00 bits per heavy atom. The molecule has 0 aromatic carbocycles. The summed E-state index contributed by atoms with van der Waals surface area (Å²) in [6.45, 7) is 2.84. The lowest BCUT2D eigenvalue weighted by Gasteiger charge is -1.86. The fraction of sp³-hybridized carbons (Fsp3) is 0.800. The molecule has 68 valence electrons. The lowest BCUT2D eigenvalue weighted by Crippen LogP contribution is -2.00. The molecular formula is C10H16O2. The van der Waals surface area contributed by atoms with Gasteiger partial charge < -0.3 is 9.47 Å². The fourth-order valence-electron chi connectivity index (χ4n) is 0.999. The summed E-state index contributed by atoms with van der Waals surface area (Å²) in [4.78, 5) is 0. The molecule has 0 amide bonds. The molecule has 0 spiro atoms. The van der Waals surface area contributed by atoms with Crippen molar-refractivity contribution in [3.05, 3.63) is 0 Å². The van der Waals surface area contributed by atoms with Crippen LogP contribution in [0.5, 0.6) is 0 Å². The van der Waals surface area contributed by atoms with E-state index in [9.17, 15) is 0 Å². The Kier molecular flexibility index (Phi) is 4.13. The molecule has 1 aliphatic rings. The molecule has 1 saturated heterocycles. The Balaban J connectivity index is 2.04. The molecule has 2 heteroatoms. The van der Waals surface area contributed by atoms with Crippen LogP contribution in [-0.4, -0.2) is 25.9 Å². The Labute approximate surface area is 74.2 Å². The van der Waals surface area contributed by atoms with Crippen molar-refractivity contribution >= 4 is 0 Å². The highest BCUT2D eigenvalue weighted by Crippen LogP contribution is 2.20. The SMILES string of the molecule is CCCCC#CC1OC1COC. The van der Waals surface area contributed by atoms with Crippen molar-refractivity contribution in [3.8, 4) is 11.8 Å². The van der Waals surface area contributed by atoms with Crippen LogP contribution in [0.4, 0.5) is 0 Å². The summed E-state index contributed by atoms with van der Waals surface area (Å²) in [5.41, 5.74) is 0. The van der Waals surface area contributed by atoms with E-state index in [1.807, 2.05) is 0 Å². The zero-order valence-electron chi connectivity index (χ0n) is 7.80. The number of hydrogen-bond acceptors (Lipinski definition) is 2. The highest BCUT2D eigenvalue weighted by molar-refractivity contribution is 5.13. The third-order valence-corrected chi connectivity index (χ3v) is 1.81. The van der Waals surface area contributed by atoms with Gasteiger partial charge in [-0.25, -0.2) is 0 Å². The van der Waals surface area contributed by atoms with Gasteiger partial charge in [0.25, 0.3) is 0 Å². The average molecular weight is 168 g/mol. The van der Waals surface area contributed by atoms with Crippen molar-refractivity contribution in [2.45, 2.75) is 38.4 Å². The first-order chi connectivity index (χ1) is 5.88. The van der Waals surface area contributed by atoms with Crippen molar-refractivity contribution in [2.24, 2.45) is 0 Å². The van der Waals surface area contributed by atoms with Crippen LogP contribution in [0.15, 0.2) is 0 Å². The monoisotopic (exact) mass is 168 g/mol. The molecule has 1 heterocycles. The second-order valence-electron chi connectivity index (χ2n) is 2.98. The van der Waals surface area contributed by atoms with Gasteiger partial charge in [0.1, 0.15) is 12.2 Å². The fourth-order valence-corrected chi connectivity index (χ4v) is 0.999. The van der Waals surface area contributed by atoms with Gasteiger partial charge in [-0.15, -0.1) is 5.92 Å². The molecule has 0 aliphatic carbocycles. The van der Waals surface area contributed by atoms with Crippen molar-refractivity contribution < 1.29 is 9.47 Å². The van der Waals surface area contributed by atoms with Gasteiger partial charge >= 0.3 is 0 Å². The smallest absolute Gasteiger partial charge is 0.147 e. The first-order valence-corrected chi connectivity index (χ1v) is 4.51. The summed E-state index contributed by atoms with van der Waals surface area (Å²) >= 11 is 0. The molecule has 0 bridgehead atoms. The summed E-state index contributed by atoms with van der Waals surface area (Å²) in [6.07, 6.45) is 3.79. The minimum absolute atomic E-state index is 0.154. The molecule has 0 radical (unpaired) electrons. The number of rotatable bonds is 4. The van der Waals surface area contributed by atoms with Crippen LogP contribution in [0.1, 0.15) is 26.2 Å². The normalized spacial score (nSPS) is 26.2. The summed E-state index contributed by atoms with van der Waals surface area (Å²) in [7, 11) is 1.68. The van der Waals surface area contributed by atoms with Crippen LogP contribution in [-0.2, 0) is 9.47 Å². The van der Waals surface area contributed by atoms with Gasteiger partial charge in [-0.2, -0.15) is 0 Å². The topological polar surface area (TPSA) is 21.8 Å². The van der Waals surface area contributed by atoms with E-state index in [4.69, 9.17) is 9.47 Å². The molecule has 2 unspecified atom stereocenters. The average Bonchev–Trinajstić information content (AvgIpc) is 2.79. The summed E-state index contributed by atoms with van der Waals surface area (Å²) < 4.78 is 10.2. The zero-order valence-corrected chi connectivity index (χ0v) is 7.80. The Hall–Kier alpha value is -0.520. The van der Waals surface area contributed by atoms with Crippen LogP contribution in [0.25, 0.3) is 0 Å². The number of methoxy groups -OCH3 is 1. The predicted molar refractivity (Wildman–Crippen MR) is 47.8 cm³/mol. The highest BCUT2D eigenvalue weighted by Gasteiger charge is 2.36. The van der Waals surface area contributed by atoms with E-state index in [-0.39, 0.29) is 12.2 Å². The first kappa shape index (κ1) is 9.57. The third-order valence-electron chi connectivity index (χ3n) is 1.81. The Morgan fingerprint density at radius 2 is 2.33 bits per heavy atom. The van der Waals surface area contributed by atoms with Crippen molar-refractivity contribution in [1.82, 2.24) is 0 Å². The molecule has 12 heavy (non-hydrogen) atoms. The lowest BCUT2D eigenvalue weighted by molar-refractivity contribution is 0.171. The highest BCUT2D eigenvalue weighted by atomic mass is 16.6. The standard InChI is InChI=1S/C10H16O2/c1-3-4-5-6-7-9-10(12-9)8-11-2/h9-10H,3-5,8H2,1-2H3. The molecular weight excluding hydrogens is 152 g/mol. The van der Waals surface area contributed by atoms with Crippen LogP contribution >= 0.6 is 0 Å². The number of hydrogen-bond donors (Lipinski definition) is 0. The van der Waals surface area contributed by atoms with E-state index < -0.39 is 0 Å². The molecule has 0 aromatic rings. The second kappa shape index (κ2) is 5.18. The maximum absolute atomic E-state index is 5.24. The van der Waals surface area contributed by atoms with E-state index in [1.54, 1.807) is 7.11 Å². The lowest BCUT2D eigenvalue weighted by atomic mass is 10.2. The van der Waals surface area contributed by atoms with Crippen LogP contribution in [0, 0.1) is 11.8 Å². The molecule has 0 N–H and O–H groups in total. The molecule has 1 rings (SSSR count). The summed E-state index contributed by atoms with van der Waals surface area (Å²) in [6, 6.07) is 0. The van der Waals surface area contributed by atoms with E-state index >= 15 is 0 Å². The predicted octanol–water partition coefficient (Wildman–Crippen LogP) is 1.59. The molecule has 2 atom stereocenters. The van der Waals surface area contributed by atoms with Crippen molar-refractivity contribution in [3.63, 3.8) is 0 Å². The Bertz CT molecular complexity index is 178. The minimum Gasteiger partial charge on any atom is -0.382 e. The van der Waals surface area contributed by atoms with Gasteiger partial charge in [-0.3, -0.25) is 0 Å². The third kappa shape index (κ3) is 3.25. The largest absolute Gasteiger partial charge is 0.382 e. The summed E-state index contributed by atoms with van der Waals surface area (Å²) in [5, 5.41) is 0. The molecule has 0 aromatic heterocycles. The van der Waals surface area contributed by atoms with E-state index in [2.05, 4.69) is 18.8 Å². The summed E-state index contributed by atoms with van der Waals surface area (Å²) in [5.74, 6) is 6.18. The van der Waals surface area contributed by atoms with E-state index in [0.29, 0.717) is 6.61 Å². The van der Waals surface area contributed by atoms with Gasteiger partial charge in [0.05, 0.1) is 6.61 Å². The van der Waals surface area contributed by atoms with Crippen LogP contribution in [0.3, 0.4) is 0 Å². The minimum atomic E-state index is 0.154. The second-order valence-corrected chi connectivity index (χ2v) is 2.98. The van der Waals surface area contributed by atoms with Gasteiger partial charge in [-0.1, -0.05) is 19.3 Å². The number of epoxide rings is 1. The van der Waals surface area contributed by atoms with Gasteiger partial charge in [0, 0.05) is 13.5 Å². The number of unbranched alkanes of at least 4 members (excludes halogenated alkanes) is 2. The van der Waals surface area contributed by atoms with Gasteiger partial charge in [-0.05, 0) is 6.42 Å². The Morgan fingerprint density at radius 1 is 1.50 bits per heavy atom. The van der Waals surface area contributed by atoms with E-state index in [0.717, 1.165) is 6.42 Å². The van der Waals surface area contributed by atoms with Gasteiger partial charge in [0.15, 0.2) is 0 Å². The molecule has 1 aliphatic heterocycles. The molecule has 0 saturated carbocycles. The molecule has 1 fully saturated rings. The molecule has 2 nitrogen and oxygen atoms in total. The van der Waals surface area contributed by atoms with Crippen molar-refractivity contribution in [2.75, 3.05) is 13.7 Å². The maximum Gasteiger partial charge on any atom is 0.147 e. The zero-order chi connectivity index (χ0) is 8.81. The van der Waals surface area contributed by atoms with Crippen LogP contribution in [0.2, 0.25) is 0 Å².